The van der Waals surface area contributed by atoms with Crippen LogP contribution in [0.2, 0.25) is 0 Å². The third kappa shape index (κ3) is 2.86. The topological polar surface area (TPSA) is 46.2 Å². The zero-order valence-electron chi connectivity index (χ0n) is 11.0. The summed E-state index contributed by atoms with van der Waals surface area (Å²) in [5, 5.41) is 9.75. The first-order valence-corrected chi connectivity index (χ1v) is 6.42. The monoisotopic (exact) mass is 277 g/mol. The number of nitrogens with two attached hydrogens (primary N) is 1. The summed E-state index contributed by atoms with van der Waals surface area (Å²) >= 11 is 0. The lowest BCUT2D eigenvalue weighted by molar-refractivity contribution is 0.195. The maximum absolute atomic E-state index is 13.8. The molecule has 4 heteroatoms. The van der Waals surface area contributed by atoms with E-state index >= 15 is 0 Å². The van der Waals surface area contributed by atoms with E-state index in [1.165, 1.54) is 18.2 Å². The fraction of sp³-hybridized carbons (Fsp3) is 0.250. The average Bonchev–Trinajstić information content (AvgIpc) is 2.47. The van der Waals surface area contributed by atoms with Crippen LogP contribution < -0.4 is 5.73 Å². The second kappa shape index (κ2) is 6.11. The predicted molar refractivity (Wildman–Crippen MR) is 74.3 cm³/mol. The van der Waals surface area contributed by atoms with Gasteiger partial charge < -0.3 is 10.8 Å². The van der Waals surface area contributed by atoms with Crippen LogP contribution >= 0.6 is 0 Å². The van der Waals surface area contributed by atoms with Crippen LogP contribution in [0.5, 0.6) is 0 Å². The van der Waals surface area contributed by atoms with Gasteiger partial charge in [0.15, 0.2) is 0 Å². The molecular formula is C16H17F2NO. The Kier molecular flexibility index (Phi) is 4.47. The van der Waals surface area contributed by atoms with E-state index in [-0.39, 0.29) is 25.4 Å². The molecule has 0 saturated carbocycles. The second-order valence-electron chi connectivity index (χ2n) is 4.92. The largest absolute Gasteiger partial charge is 0.395 e. The van der Waals surface area contributed by atoms with Gasteiger partial charge in [-0.15, -0.1) is 0 Å². The van der Waals surface area contributed by atoms with Crippen molar-refractivity contribution in [2.45, 2.75) is 11.8 Å². The van der Waals surface area contributed by atoms with E-state index < -0.39 is 11.2 Å². The first kappa shape index (κ1) is 14.6. The minimum atomic E-state index is -0.885. The van der Waals surface area contributed by atoms with Crippen molar-refractivity contribution in [3.05, 3.63) is 71.3 Å². The Hall–Kier alpha value is -1.78. The van der Waals surface area contributed by atoms with Crippen molar-refractivity contribution < 1.29 is 13.9 Å². The SMILES string of the molecule is NCC(CO)(Cc1ccccc1F)c1cccc(F)c1. The van der Waals surface area contributed by atoms with E-state index in [2.05, 4.69) is 0 Å². The molecule has 0 amide bonds. The molecule has 2 aromatic rings. The van der Waals surface area contributed by atoms with Crippen molar-refractivity contribution >= 4 is 0 Å². The van der Waals surface area contributed by atoms with Gasteiger partial charge in [-0.05, 0) is 35.7 Å². The first-order valence-electron chi connectivity index (χ1n) is 6.42. The lowest BCUT2D eigenvalue weighted by atomic mass is 9.76. The highest BCUT2D eigenvalue weighted by Crippen LogP contribution is 2.29. The summed E-state index contributed by atoms with van der Waals surface area (Å²) in [5.74, 6) is -0.752. The van der Waals surface area contributed by atoms with E-state index in [1.807, 2.05) is 0 Å². The standard InChI is InChI=1S/C16H17F2NO/c17-14-6-3-5-13(8-14)16(10-19,11-20)9-12-4-1-2-7-15(12)18/h1-8,20H,9-11,19H2. The highest BCUT2D eigenvalue weighted by atomic mass is 19.1. The summed E-state index contributed by atoms with van der Waals surface area (Å²) in [7, 11) is 0. The molecule has 1 unspecified atom stereocenters. The lowest BCUT2D eigenvalue weighted by Crippen LogP contribution is -2.41. The number of aliphatic hydroxyl groups excluding tert-OH is 1. The first-order chi connectivity index (χ1) is 9.61. The Labute approximate surface area is 116 Å². The fourth-order valence-electron chi connectivity index (χ4n) is 2.33. The maximum atomic E-state index is 13.8. The van der Waals surface area contributed by atoms with Crippen molar-refractivity contribution in [2.24, 2.45) is 5.73 Å². The van der Waals surface area contributed by atoms with Gasteiger partial charge in [0.1, 0.15) is 11.6 Å². The molecule has 0 saturated heterocycles. The van der Waals surface area contributed by atoms with Gasteiger partial charge in [-0.3, -0.25) is 0 Å². The van der Waals surface area contributed by atoms with Crippen molar-refractivity contribution in [3.8, 4) is 0 Å². The van der Waals surface area contributed by atoms with Gasteiger partial charge in [0, 0.05) is 12.0 Å². The highest BCUT2D eigenvalue weighted by Gasteiger charge is 2.31. The molecule has 2 aromatic carbocycles. The van der Waals surface area contributed by atoms with Crippen LogP contribution in [0.3, 0.4) is 0 Å². The Morgan fingerprint density at radius 2 is 1.80 bits per heavy atom. The number of rotatable bonds is 5. The molecule has 2 rings (SSSR count). The molecule has 0 fully saturated rings. The minimum Gasteiger partial charge on any atom is -0.395 e. The van der Waals surface area contributed by atoms with Crippen LogP contribution in [0.4, 0.5) is 8.78 Å². The summed E-state index contributed by atoms with van der Waals surface area (Å²) in [6.07, 6.45) is 0.218. The minimum absolute atomic E-state index is 0.0985. The fourth-order valence-corrected chi connectivity index (χ4v) is 2.33. The van der Waals surface area contributed by atoms with Gasteiger partial charge in [-0.25, -0.2) is 8.78 Å². The van der Waals surface area contributed by atoms with Crippen LogP contribution in [0, 0.1) is 11.6 Å². The molecule has 1 atom stereocenters. The van der Waals surface area contributed by atoms with Gasteiger partial charge in [0.25, 0.3) is 0 Å². The molecule has 0 aliphatic rings. The maximum Gasteiger partial charge on any atom is 0.126 e. The molecule has 0 bridgehead atoms. The van der Waals surface area contributed by atoms with Gasteiger partial charge in [-0.1, -0.05) is 30.3 Å². The van der Waals surface area contributed by atoms with Crippen molar-refractivity contribution in [2.75, 3.05) is 13.2 Å². The van der Waals surface area contributed by atoms with Crippen LogP contribution in [0.15, 0.2) is 48.5 Å². The molecule has 106 valence electrons. The Bertz CT molecular complexity index is 582. The van der Waals surface area contributed by atoms with Crippen LogP contribution in [0.1, 0.15) is 11.1 Å². The number of aliphatic hydroxyl groups is 1. The van der Waals surface area contributed by atoms with E-state index in [0.717, 1.165) is 0 Å². The van der Waals surface area contributed by atoms with E-state index in [1.54, 1.807) is 30.3 Å². The number of benzene rings is 2. The van der Waals surface area contributed by atoms with E-state index in [0.29, 0.717) is 11.1 Å². The summed E-state index contributed by atoms with van der Waals surface area (Å²) in [6, 6.07) is 12.3. The smallest absolute Gasteiger partial charge is 0.126 e. The van der Waals surface area contributed by atoms with Crippen LogP contribution in [-0.2, 0) is 11.8 Å². The predicted octanol–water partition coefficient (Wildman–Crippen LogP) is 2.40. The van der Waals surface area contributed by atoms with Crippen molar-refractivity contribution in [1.82, 2.24) is 0 Å². The zero-order chi connectivity index (χ0) is 14.6. The molecule has 0 spiro atoms. The lowest BCUT2D eigenvalue weighted by Gasteiger charge is -2.31. The third-order valence-electron chi connectivity index (χ3n) is 3.62. The Balaban J connectivity index is 2.42. The summed E-state index contributed by atoms with van der Waals surface area (Å²) < 4.78 is 27.2. The van der Waals surface area contributed by atoms with Gasteiger partial charge >= 0.3 is 0 Å². The third-order valence-corrected chi connectivity index (χ3v) is 3.62. The highest BCUT2D eigenvalue weighted by molar-refractivity contribution is 5.31. The normalized spacial score (nSPS) is 14.0. The average molecular weight is 277 g/mol. The molecule has 0 heterocycles. The Morgan fingerprint density at radius 3 is 2.40 bits per heavy atom. The summed E-state index contributed by atoms with van der Waals surface area (Å²) in [4.78, 5) is 0. The molecule has 0 aliphatic carbocycles. The summed E-state index contributed by atoms with van der Waals surface area (Å²) in [6.45, 7) is -0.178. The molecule has 0 aromatic heterocycles. The van der Waals surface area contributed by atoms with Crippen LogP contribution in [-0.4, -0.2) is 18.3 Å². The molecule has 3 N–H and O–H groups in total. The van der Waals surface area contributed by atoms with Crippen molar-refractivity contribution in [3.63, 3.8) is 0 Å². The number of hydrogen-bond acceptors (Lipinski definition) is 2. The van der Waals surface area contributed by atoms with Gasteiger partial charge in [0.2, 0.25) is 0 Å². The summed E-state index contributed by atoms with van der Waals surface area (Å²) in [5.41, 5.74) is 5.94. The molecule has 20 heavy (non-hydrogen) atoms. The van der Waals surface area contributed by atoms with Gasteiger partial charge in [-0.2, -0.15) is 0 Å². The van der Waals surface area contributed by atoms with Crippen molar-refractivity contribution in [1.29, 1.82) is 0 Å². The second-order valence-corrected chi connectivity index (χ2v) is 4.92. The Morgan fingerprint density at radius 1 is 1.05 bits per heavy atom. The van der Waals surface area contributed by atoms with Gasteiger partial charge in [0.05, 0.1) is 6.61 Å². The molecule has 2 nitrogen and oxygen atoms in total. The van der Waals surface area contributed by atoms with Crippen LogP contribution in [0.25, 0.3) is 0 Å². The molecule has 0 aliphatic heterocycles. The molecular weight excluding hydrogens is 260 g/mol. The van der Waals surface area contributed by atoms with E-state index in [4.69, 9.17) is 5.73 Å². The van der Waals surface area contributed by atoms with E-state index in [9.17, 15) is 13.9 Å². The zero-order valence-corrected chi connectivity index (χ0v) is 11.0. The quantitative estimate of drug-likeness (QED) is 0.881. The number of halogens is 2. The number of hydrogen-bond donors (Lipinski definition) is 2. The molecule has 0 radical (unpaired) electrons.